The molecule has 0 bridgehead atoms. The molecule has 3 N–H and O–H groups in total. The summed E-state index contributed by atoms with van der Waals surface area (Å²) in [5.74, 6) is -1.08. The summed E-state index contributed by atoms with van der Waals surface area (Å²) < 4.78 is 25.8. The molecule has 2 aromatic carbocycles. The van der Waals surface area contributed by atoms with Crippen LogP contribution in [0.2, 0.25) is 10.0 Å². The third-order valence-electron chi connectivity index (χ3n) is 2.83. The van der Waals surface area contributed by atoms with Crippen LogP contribution in [0.3, 0.4) is 0 Å². The number of nitrogens with one attached hydrogen (secondary N) is 1. The molecular weight excluding hydrogens is 389 g/mol. The lowest BCUT2D eigenvalue weighted by atomic mass is 10.0. The van der Waals surface area contributed by atoms with Gasteiger partial charge in [0.05, 0.1) is 6.26 Å². The molecule has 0 heterocycles. The number of guanidine groups is 1. The maximum Gasteiger partial charge on any atom is 0.325 e. The second-order valence-corrected chi connectivity index (χ2v) is 7.38. The Morgan fingerprint density at radius 2 is 1.76 bits per heavy atom. The Morgan fingerprint density at radius 3 is 2.36 bits per heavy atom. The monoisotopic (exact) mass is 401 g/mol. The summed E-state index contributed by atoms with van der Waals surface area (Å²) in [6.07, 6.45) is 0.797. The Labute approximate surface area is 154 Å². The van der Waals surface area contributed by atoms with Crippen LogP contribution in [0.15, 0.2) is 47.6 Å². The molecule has 0 saturated carbocycles. The van der Waals surface area contributed by atoms with Gasteiger partial charge in [0, 0.05) is 15.6 Å². The topological polar surface area (TPSA) is 111 Å². The molecule has 0 unspecified atom stereocenters. The molecule has 0 fully saturated rings. The Bertz CT molecular complexity index is 925. The normalized spacial score (nSPS) is 11.9. The zero-order chi connectivity index (χ0) is 18.6. The Hall–Kier alpha value is -2.29. The molecule has 132 valence electrons. The summed E-state index contributed by atoms with van der Waals surface area (Å²) in [7, 11) is -3.81. The molecule has 2 rings (SSSR count). The second-order valence-electron chi connectivity index (χ2n) is 4.95. The van der Waals surface area contributed by atoms with E-state index in [1.807, 2.05) is 0 Å². The molecule has 7 nitrogen and oxygen atoms in total. The Balaban J connectivity index is 2.22. The van der Waals surface area contributed by atoms with Gasteiger partial charge < -0.3 is 5.73 Å². The van der Waals surface area contributed by atoms with Gasteiger partial charge in [0.1, 0.15) is 0 Å². The number of nitrogens with two attached hydrogens (primary N) is 1. The highest BCUT2D eigenvalue weighted by Gasteiger charge is 2.10. The van der Waals surface area contributed by atoms with E-state index in [9.17, 15) is 13.2 Å². The highest BCUT2D eigenvalue weighted by Crippen LogP contribution is 2.27. The average Bonchev–Trinajstić information content (AvgIpc) is 2.51. The summed E-state index contributed by atoms with van der Waals surface area (Å²) in [5, 5.41) is 6.25. The maximum absolute atomic E-state index is 12.2. The van der Waals surface area contributed by atoms with Gasteiger partial charge >= 0.3 is 10.1 Å². The summed E-state index contributed by atoms with van der Waals surface area (Å²) in [6, 6.07) is 11.6. The molecule has 0 radical (unpaired) electrons. The van der Waals surface area contributed by atoms with Gasteiger partial charge in [0.15, 0.2) is 0 Å². The predicted molar refractivity (Wildman–Crippen MR) is 96.9 cm³/mol. The van der Waals surface area contributed by atoms with Crippen molar-refractivity contribution in [2.24, 2.45) is 10.9 Å². The standard InChI is InChI=1S/C15H13Cl2N3O4S/c1-25(22,23)24-20-15(18)19-14(21)10-4-2-3-9(5-10)11-6-12(16)8-13(17)7-11/h2-8H,1H3,(H3,18,19,20,21). The first-order valence-corrected chi connectivity index (χ1v) is 9.31. The predicted octanol–water partition coefficient (Wildman–Crippen LogP) is 2.60. The maximum atomic E-state index is 12.2. The number of carbonyl (C=O) groups is 1. The fraction of sp³-hybridized carbons (Fsp3) is 0.0667. The minimum Gasteiger partial charge on any atom is -0.367 e. The molecule has 10 heteroatoms. The van der Waals surface area contributed by atoms with Crippen molar-refractivity contribution in [3.63, 3.8) is 0 Å². The summed E-state index contributed by atoms with van der Waals surface area (Å²) in [5.41, 5.74) is 7.11. The lowest BCUT2D eigenvalue weighted by Crippen LogP contribution is -2.37. The minimum atomic E-state index is -3.81. The first kappa shape index (κ1) is 19.0. The summed E-state index contributed by atoms with van der Waals surface area (Å²) in [6.45, 7) is 0. The number of hydrogen-bond acceptors (Lipinski definition) is 5. The van der Waals surface area contributed by atoms with Gasteiger partial charge in [-0.2, -0.15) is 8.42 Å². The van der Waals surface area contributed by atoms with Crippen LogP contribution in [-0.4, -0.2) is 26.5 Å². The number of amides is 1. The smallest absolute Gasteiger partial charge is 0.325 e. The van der Waals surface area contributed by atoms with Crippen molar-refractivity contribution in [1.29, 1.82) is 0 Å². The lowest BCUT2D eigenvalue weighted by Gasteiger charge is -2.07. The summed E-state index contributed by atoms with van der Waals surface area (Å²) in [4.78, 5) is 12.2. The first-order chi connectivity index (χ1) is 11.6. The fourth-order valence-corrected chi connectivity index (χ4v) is 2.62. The van der Waals surface area contributed by atoms with Crippen LogP contribution in [0, 0.1) is 0 Å². The van der Waals surface area contributed by atoms with Crippen LogP contribution >= 0.6 is 23.2 Å². The van der Waals surface area contributed by atoms with Crippen molar-refractivity contribution in [2.45, 2.75) is 0 Å². The van der Waals surface area contributed by atoms with Gasteiger partial charge in [-0.05, 0) is 46.6 Å². The third-order valence-corrected chi connectivity index (χ3v) is 3.62. The Morgan fingerprint density at radius 1 is 1.12 bits per heavy atom. The van der Waals surface area contributed by atoms with E-state index in [1.165, 1.54) is 0 Å². The number of carbonyl (C=O) groups excluding carboxylic acids is 1. The molecule has 0 spiro atoms. The molecule has 0 aliphatic carbocycles. The molecule has 0 aromatic heterocycles. The highest BCUT2D eigenvalue weighted by atomic mass is 35.5. The molecule has 25 heavy (non-hydrogen) atoms. The van der Waals surface area contributed by atoms with E-state index in [0.717, 1.165) is 11.8 Å². The van der Waals surface area contributed by atoms with Crippen molar-refractivity contribution in [2.75, 3.05) is 6.26 Å². The molecule has 0 saturated heterocycles. The van der Waals surface area contributed by atoms with Crippen molar-refractivity contribution < 1.29 is 17.5 Å². The van der Waals surface area contributed by atoms with E-state index in [2.05, 4.69) is 14.8 Å². The SMILES string of the molecule is CS(=O)(=O)ON=C(N)NC(=O)c1cccc(-c2cc(Cl)cc(Cl)c2)c1. The quantitative estimate of drug-likeness (QED) is 0.464. The van der Waals surface area contributed by atoms with Gasteiger partial charge in [-0.15, -0.1) is 0 Å². The zero-order valence-corrected chi connectivity index (χ0v) is 15.2. The number of nitrogens with zero attached hydrogens (tertiary/aromatic N) is 1. The van der Waals surface area contributed by atoms with Crippen LogP contribution in [-0.2, 0) is 14.4 Å². The molecule has 0 atom stereocenters. The van der Waals surface area contributed by atoms with E-state index in [0.29, 0.717) is 15.6 Å². The van der Waals surface area contributed by atoms with Gasteiger partial charge in [-0.1, -0.05) is 35.3 Å². The molecule has 1 amide bonds. The van der Waals surface area contributed by atoms with Crippen molar-refractivity contribution >= 4 is 45.2 Å². The molecule has 0 aliphatic rings. The summed E-state index contributed by atoms with van der Waals surface area (Å²) >= 11 is 12.0. The number of halogens is 2. The van der Waals surface area contributed by atoms with E-state index < -0.39 is 22.0 Å². The zero-order valence-electron chi connectivity index (χ0n) is 12.9. The van der Waals surface area contributed by atoms with Crippen LogP contribution in [0.1, 0.15) is 10.4 Å². The van der Waals surface area contributed by atoms with Crippen LogP contribution in [0.25, 0.3) is 11.1 Å². The van der Waals surface area contributed by atoms with Gasteiger partial charge in [0.2, 0.25) is 5.96 Å². The van der Waals surface area contributed by atoms with E-state index >= 15 is 0 Å². The first-order valence-electron chi connectivity index (χ1n) is 6.74. The number of oxime groups is 1. The van der Waals surface area contributed by atoms with E-state index in [-0.39, 0.29) is 5.56 Å². The molecule has 0 aliphatic heterocycles. The minimum absolute atomic E-state index is 0.270. The molecule has 2 aromatic rings. The fourth-order valence-electron chi connectivity index (χ4n) is 1.88. The lowest BCUT2D eigenvalue weighted by molar-refractivity contribution is 0.0975. The van der Waals surface area contributed by atoms with Crippen molar-refractivity contribution in [3.8, 4) is 11.1 Å². The molecular formula is C15H13Cl2N3O4S. The Kier molecular flexibility index (Phi) is 5.89. The number of rotatable bonds is 4. The van der Waals surface area contributed by atoms with Gasteiger partial charge in [0.25, 0.3) is 5.91 Å². The van der Waals surface area contributed by atoms with Crippen molar-refractivity contribution in [3.05, 3.63) is 58.1 Å². The largest absolute Gasteiger partial charge is 0.367 e. The van der Waals surface area contributed by atoms with E-state index in [1.54, 1.807) is 42.5 Å². The third kappa shape index (κ3) is 5.93. The second kappa shape index (κ2) is 7.73. The number of benzene rings is 2. The highest BCUT2D eigenvalue weighted by molar-refractivity contribution is 7.85. The number of hydrogen-bond donors (Lipinski definition) is 2. The van der Waals surface area contributed by atoms with Crippen LogP contribution in [0.4, 0.5) is 0 Å². The average molecular weight is 402 g/mol. The van der Waals surface area contributed by atoms with E-state index in [4.69, 9.17) is 28.9 Å². The van der Waals surface area contributed by atoms with Crippen LogP contribution < -0.4 is 11.1 Å². The van der Waals surface area contributed by atoms with Crippen LogP contribution in [0.5, 0.6) is 0 Å². The van der Waals surface area contributed by atoms with Gasteiger partial charge in [-0.25, -0.2) is 0 Å². The van der Waals surface area contributed by atoms with Crippen molar-refractivity contribution in [1.82, 2.24) is 5.32 Å². The van der Waals surface area contributed by atoms with Gasteiger partial charge in [-0.3, -0.25) is 14.4 Å².